The van der Waals surface area contributed by atoms with E-state index in [4.69, 9.17) is 4.74 Å². The van der Waals surface area contributed by atoms with Crippen molar-refractivity contribution in [2.24, 2.45) is 4.99 Å². The molecule has 1 saturated carbocycles. The van der Waals surface area contributed by atoms with Crippen molar-refractivity contribution < 1.29 is 9.84 Å². The second-order valence-electron chi connectivity index (χ2n) is 6.75. The maximum absolute atomic E-state index is 10.3. The van der Waals surface area contributed by atoms with Crippen molar-refractivity contribution in [1.29, 1.82) is 0 Å². The molecule has 0 amide bonds. The Morgan fingerprint density at radius 1 is 1.37 bits per heavy atom. The number of nitrogens with zero attached hydrogens (tertiary/aromatic N) is 5. The van der Waals surface area contributed by atoms with Crippen LogP contribution in [0.4, 0.5) is 5.95 Å². The zero-order chi connectivity index (χ0) is 18.6. The average molecular weight is 555 g/mol. The van der Waals surface area contributed by atoms with Crippen molar-refractivity contribution in [1.82, 2.24) is 20.2 Å². The molecule has 2 N–H and O–H groups in total. The van der Waals surface area contributed by atoms with Crippen LogP contribution in [0.2, 0.25) is 0 Å². The Hall–Kier alpha value is -0.880. The van der Waals surface area contributed by atoms with Crippen molar-refractivity contribution in [3.63, 3.8) is 0 Å². The normalized spacial score (nSPS) is 19.2. The number of hydrogen-bond acceptors (Lipinski definition) is 6. The first kappa shape index (κ1) is 22.4. The highest BCUT2D eigenvalue weighted by Crippen LogP contribution is 2.31. The van der Waals surface area contributed by atoms with E-state index in [1.807, 2.05) is 0 Å². The highest BCUT2D eigenvalue weighted by atomic mass is 127. The number of hydrogen-bond donors (Lipinski definition) is 2. The lowest BCUT2D eigenvalue weighted by Crippen LogP contribution is -2.53. The first-order chi connectivity index (χ1) is 12.5. The van der Waals surface area contributed by atoms with Crippen molar-refractivity contribution in [2.75, 3.05) is 51.3 Å². The zero-order valence-electron chi connectivity index (χ0n) is 15.8. The van der Waals surface area contributed by atoms with Crippen LogP contribution >= 0.6 is 39.9 Å². The summed E-state index contributed by atoms with van der Waals surface area (Å²) in [7, 11) is 1.60. The second kappa shape index (κ2) is 10.1. The van der Waals surface area contributed by atoms with Crippen LogP contribution in [0.1, 0.15) is 26.2 Å². The summed E-state index contributed by atoms with van der Waals surface area (Å²) >= 11 is 3.38. The van der Waals surface area contributed by atoms with Gasteiger partial charge in [0.15, 0.2) is 5.96 Å². The highest BCUT2D eigenvalue weighted by molar-refractivity contribution is 14.0. The lowest BCUT2D eigenvalue weighted by atomic mass is 9.80. The number of piperazine rings is 1. The Morgan fingerprint density at radius 2 is 2.07 bits per heavy atom. The number of anilines is 1. The number of nitrogens with one attached hydrogen (secondary N) is 1. The molecule has 1 aromatic rings. The molecule has 3 rings (SSSR count). The number of methoxy groups -OCH3 is 1. The van der Waals surface area contributed by atoms with Gasteiger partial charge in [-0.2, -0.15) is 4.98 Å². The summed E-state index contributed by atoms with van der Waals surface area (Å²) in [4.78, 5) is 17.9. The van der Waals surface area contributed by atoms with E-state index >= 15 is 0 Å². The van der Waals surface area contributed by atoms with Crippen LogP contribution in [0.3, 0.4) is 0 Å². The number of aromatic nitrogens is 2. The van der Waals surface area contributed by atoms with Crippen LogP contribution in [0.25, 0.3) is 0 Å². The summed E-state index contributed by atoms with van der Waals surface area (Å²) in [5, 5.41) is 13.6. The van der Waals surface area contributed by atoms with Gasteiger partial charge in [-0.15, -0.1) is 24.0 Å². The lowest BCUT2D eigenvalue weighted by molar-refractivity contribution is -0.0237. The fourth-order valence-corrected chi connectivity index (χ4v) is 3.50. The van der Waals surface area contributed by atoms with E-state index in [1.165, 1.54) is 0 Å². The minimum absolute atomic E-state index is 0. The predicted molar refractivity (Wildman–Crippen MR) is 120 cm³/mol. The maximum Gasteiger partial charge on any atom is 0.232 e. The van der Waals surface area contributed by atoms with Gasteiger partial charge in [0, 0.05) is 32.7 Å². The van der Waals surface area contributed by atoms with Crippen molar-refractivity contribution in [2.45, 2.75) is 31.8 Å². The van der Waals surface area contributed by atoms with Crippen LogP contribution in [-0.4, -0.2) is 77.9 Å². The summed E-state index contributed by atoms with van der Waals surface area (Å²) in [6, 6.07) is 0. The third kappa shape index (κ3) is 5.57. The van der Waals surface area contributed by atoms with Gasteiger partial charge >= 0.3 is 0 Å². The van der Waals surface area contributed by atoms with Gasteiger partial charge < -0.3 is 25.0 Å². The molecule has 1 aliphatic heterocycles. The molecule has 1 aromatic heterocycles. The molecule has 1 aliphatic carbocycles. The summed E-state index contributed by atoms with van der Waals surface area (Å²) in [5.74, 6) is 2.10. The average Bonchev–Trinajstić information content (AvgIpc) is 2.64. The summed E-state index contributed by atoms with van der Waals surface area (Å²) in [5.41, 5.74) is -0.593. The smallest absolute Gasteiger partial charge is 0.232 e. The Kier molecular flexibility index (Phi) is 8.35. The first-order valence-corrected chi connectivity index (χ1v) is 9.91. The van der Waals surface area contributed by atoms with E-state index in [0.717, 1.165) is 62.4 Å². The maximum atomic E-state index is 10.3. The van der Waals surface area contributed by atoms with E-state index in [0.29, 0.717) is 18.4 Å². The molecular formula is C17H28BrIN6O2. The minimum atomic E-state index is -0.593. The van der Waals surface area contributed by atoms with Gasteiger partial charge in [0.25, 0.3) is 0 Å². The minimum Gasteiger partial charge on any atom is -0.480 e. The number of aliphatic hydroxyl groups is 1. The van der Waals surface area contributed by atoms with Crippen LogP contribution in [0, 0.1) is 0 Å². The molecule has 152 valence electrons. The lowest BCUT2D eigenvalue weighted by Gasteiger charge is -2.38. The molecule has 2 fully saturated rings. The fraction of sp³-hybridized carbons (Fsp3) is 0.706. The molecule has 0 aromatic carbocycles. The summed E-state index contributed by atoms with van der Waals surface area (Å²) in [6.07, 6.45) is 4.52. The molecule has 0 radical (unpaired) electrons. The molecule has 0 unspecified atom stereocenters. The van der Waals surface area contributed by atoms with Crippen molar-refractivity contribution >= 4 is 51.8 Å². The molecule has 0 atom stereocenters. The van der Waals surface area contributed by atoms with Gasteiger partial charge in [-0.25, -0.2) is 4.98 Å². The standard InChI is InChI=1S/C17H27BrN6O2.HI/c1-3-19-15(21-12-17(25)5-4-6-17)23-7-9-24(10-8-23)16-20-11-13(18)14(22-16)26-2;/h11,25H,3-10,12H2,1-2H3,(H,19,21);1H. The number of ether oxygens (including phenoxy) is 1. The highest BCUT2D eigenvalue weighted by Gasteiger charge is 2.34. The van der Waals surface area contributed by atoms with Gasteiger partial charge in [0.2, 0.25) is 11.8 Å². The predicted octanol–water partition coefficient (Wildman–Crippen LogP) is 1.87. The fourth-order valence-electron chi connectivity index (χ4n) is 3.15. The number of halogens is 2. The van der Waals surface area contributed by atoms with Crippen LogP contribution < -0.4 is 15.0 Å². The molecule has 2 aliphatic rings. The molecule has 0 spiro atoms. The second-order valence-corrected chi connectivity index (χ2v) is 7.60. The monoisotopic (exact) mass is 554 g/mol. The van der Waals surface area contributed by atoms with Gasteiger partial charge in [0.05, 0.1) is 29.9 Å². The van der Waals surface area contributed by atoms with Gasteiger partial charge in [-0.05, 0) is 42.1 Å². The quantitative estimate of drug-likeness (QED) is 0.326. The van der Waals surface area contributed by atoms with Gasteiger partial charge in [0.1, 0.15) is 0 Å². The van der Waals surface area contributed by atoms with Gasteiger partial charge in [-0.3, -0.25) is 4.99 Å². The van der Waals surface area contributed by atoms with E-state index in [-0.39, 0.29) is 24.0 Å². The SMILES string of the molecule is CCNC(=NCC1(O)CCC1)N1CCN(c2ncc(Br)c(OC)n2)CC1.I. The molecule has 1 saturated heterocycles. The van der Waals surface area contributed by atoms with Crippen molar-refractivity contribution in [3.8, 4) is 5.88 Å². The van der Waals surface area contributed by atoms with Crippen LogP contribution in [0.15, 0.2) is 15.7 Å². The molecule has 10 heteroatoms. The number of guanidine groups is 1. The Bertz CT molecular complexity index is 650. The number of rotatable bonds is 5. The molecule has 27 heavy (non-hydrogen) atoms. The van der Waals surface area contributed by atoms with Crippen molar-refractivity contribution in [3.05, 3.63) is 10.7 Å². The van der Waals surface area contributed by atoms with E-state index in [9.17, 15) is 5.11 Å². The van der Waals surface area contributed by atoms with Gasteiger partial charge in [-0.1, -0.05) is 0 Å². The Labute approximate surface area is 185 Å². The Balaban J connectivity index is 0.00000261. The third-order valence-electron chi connectivity index (χ3n) is 4.90. The zero-order valence-corrected chi connectivity index (χ0v) is 19.7. The van der Waals surface area contributed by atoms with Crippen LogP contribution in [0.5, 0.6) is 5.88 Å². The summed E-state index contributed by atoms with van der Waals surface area (Å²) in [6.45, 7) is 6.61. The molecule has 2 heterocycles. The van der Waals surface area contributed by atoms with Crippen LogP contribution in [-0.2, 0) is 0 Å². The summed E-state index contributed by atoms with van der Waals surface area (Å²) < 4.78 is 6.01. The van der Waals surface area contributed by atoms with E-state index < -0.39 is 5.60 Å². The third-order valence-corrected chi connectivity index (χ3v) is 5.44. The van der Waals surface area contributed by atoms with E-state index in [1.54, 1.807) is 13.3 Å². The largest absolute Gasteiger partial charge is 0.480 e. The topological polar surface area (TPSA) is 86.1 Å². The molecular weight excluding hydrogens is 527 g/mol. The van der Waals surface area contributed by atoms with E-state index in [2.05, 4.69) is 52.9 Å². The molecule has 8 nitrogen and oxygen atoms in total. The molecule has 0 bridgehead atoms. The first-order valence-electron chi connectivity index (χ1n) is 9.12. The number of aliphatic imine (C=N–C) groups is 1. The Morgan fingerprint density at radius 3 is 2.63 bits per heavy atom.